The van der Waals surface area contributed by atoms with Gasteiger partial charge >= 0.3 is 18.2 Å². The van der Waals surface area contributed by atoms with Crippen LogP contribution in [0, 0.1) is 17.8 Å². The normalized spacial score (nSPS) is 16.0. The molecule has 0 unspecified atom stereocenters. The number of carbonyl (C=O) groups is 13. The number of rotatable bonds is 44. The Morgan fingerprint density at radius 1 is 0.486 bits per heavy atom. The molecule has 6 rings (SSSR count). The van der Waals surface area contributed by atoms with E-state index in [2.05, 4.69) is 58.2 Å². The molecule has 2 heterocycles. The summed E-state index contributed by atoms with van der Waals surface area (Å²) in [6.07, 6.45) is 2.47. The van der Waals surface area contributed by atoms with E-state index in [4.69, 9.17) is 20.9 Å². The summed E-state index contributed by atoms with van der Waals surface area (Å²) in [7, 11) is 0. The predicted molar refractivity (Wildman–Crippen MR) is 418 cm³/mol. The van der Waals surface area contributed by atoms with Crippen molar-refractivity contribution in [3.05, 3.63) is 144 Å². The number of guanidine groups is 1. The fraction of sp³-hybridized carbons (Fsp3) is 0.519. The lowest BCUT2D eigenvalue weighted by Crippen LogP contribution is -2.61. The van der Waals surface area contributed by atoms with E-state index in [1.54, 1.807) is 119 Å². The Balaban J connectivity index is 1.17. The maximum atomic E-state index is 15.1. The van der Waals surface area contributed by atoms with Crippen molar-refractivity contribution >= 4 is 94.9 Å². The van der Waals surface area contributed by atoms with Gasteiger partial charge in [-0.1, -0.05) is 163 Å². The number of carboxylic acid groups (broad SMARTS) is 1. The van der Waals surface area contributed by atoms with Crippen LogP contribution in [-0.2, 0) is 88.3 Å². The minimum atomic E-state index is -1.38. The predicted octanol–water partition coefficient (Wildman–Crippen LogP) is 3.60. The SMILES string of the molecule is CSCC[C@@H](NC(=O)[C@H](CC(C)C)NC(=O)CNC(=O)[C@H](Cc1ccccc1)NC(=O)[C@H](Cc1ccccc1)NC(=O)[C@@H](NC(=O)[C@H](NC(=O)[C@@H]1CCCN1C(=O)[C@H](CCCCNC(=O)OCc1ccccc1)NC(=O)[C@@H]1CCCN1C(=O)[C@H](CCCN=C(N)N)NC(=O)OCc1ccccc1)C(C)C)C(C)C)C(=O)O. The van der Waals surface area contributed by atoms with Crippen molar-refractivity contribution in [3.8, 4) is 0 Å². The smallest absolute Gasteiger partial charge is 0.408 e. The Kier molecular flexibility index (Phi) is 37.5. The molecule has 4 aromatic rings. The van der Waals surface area contributed by atoms with Crippen molar-refractivity contribution in [2.24, 2.45) is 34.2 Å². The van der Waals surface area contributed by atoms with E-state index in [9.17, 15) is 62.6 Å². The molecule has 0 aromatic heterocycles. The van der Waals surface area contributed by atoms with Crippen LogP contribution in [0.15, 0.2) is 126 Å². The van der Waals surface area contributed by atoms with Crippen molar-refractivity contribution in [3.63, 3.8) is 0 Å². The maximum Gasteiger partial charge on any atom is 0.408 e. The largest absolute Gasteiger partial charge is 0.480 e. The van der Waals surface area contributed by atoms with Crippen LogP contribution >= 0.6 is 11.8 Å². The Bertz CT molecular complexity index is 3750. The van der Waals surface area contributed by atoms with Gasteiger partial charge in [0.2, 0.25) is 59.1 Å². The van der Waals surface area contributed by atoms with Gasteiger partial charge in [-0.15, -0.1) is 0 Å². The zero-order valence-electron chi connectivity index (χ0n) is 64.4. The van der Waals surface area contributed by atoms with E-state index in [-0.39, 0.29) is 115 Å². The number of carbonyl (C=O) groups excluding carboxylic acids is 12. The van der Waals surface area contributed by atoms with E-state index >= 15 is 4.79 Å². The average molecular weight is 1560 g/mol. The first kappa shape index (κ1) is 89.1. The van der Waals surface area contributed by atoms with Gasteiger partial charge in [-0.3, -0.25) is 52.9 Å². The lowest BCUT2D eigenvalue weighted by molar-refractivity contribution is -0.144. The molecule has 32 heteroatoms. The quantitative estimate of drug-likeness (QED) is 0.0171. The summed E-state index contributed by atoms with van der Waals surface area (Å²) in [6, 6.07) is 23.1. The van der Waals surface area contributed by atoms with Crippen molar-refractivity contribution in [2.45, 2.75) is 199 Å². The molecule has 604 valence electrons. The summed E-state index contributed by atoms with van der Waals surface area (Å²) in [6.45, 7) is 10.2. The molecule has 0 spiro atoms. The Morgan fingerprint density at radius 2 is 0.937 bits per heavy atom. The highest BCUT2D eigenvalue weighted by molar-refractivity contribution is 7.98. The molecule has 0 radical (unpaired) electrons. The fourth-order valence-corrected chi connectivity index (χ4v) is 13.3. The zero-order valence-corrected chi connectivity index (χ0v) is 65.2. The van der Waals surface area contributed by atoms with Crippen LogP contribution < -0.4 is 64.6 Å². The number of thioether (sulfide) groups is 1. The lowest BCUT2D eigenvalue weighted by Gasteiger charge is -2.33. The summed E-state index contributed by atoms with van der Waals surface area (Å²) in [5.74, 6) is -9.47. The van der Waals surface area contributed by atoms with Gasteiger partial charge < -0.3 is 89.0 Å². The number of amides is 12. The third-order valence-electron chi connectivity index (χ3n) is 18.8. The molecule has 10 atom stereocenters. The highest BCUT2D eigenvalue weighted by Crippen LogP contribution is 2.25. The number of unbranched alkanes of at least 4 members (excludes halogenated alkanes) is 1. The van der Waals surface area contributed by atoms with E-state index in [1.165, 1.54) is 21.6 Å². The number of nitrogens with one attached hydrogen (secondary N) is 10. The van der Waals surface area contributed by atoms with Crippen LogP contribution in [0.25, 0.3) is 0 Å². The second-order valence-electron chi connectivity index (χ2n) is 28.7. The van der Waals surface area contributed by atoms with Crippen LogP contribution in [0.2, 0.25) is 0 Å². The number of hydrogen-bond acceptors (Lipinski definition) is 17. The average Bonchev–Trinajstić information content (AvgIpc) is 1.36. The van der Waals surface area contributed by atoms with Crippen molar-refractivity contribution < 1.29 is 76.9 Å². The molecule has 0 saturated carbocycles. The van der Waals surface area contributed by atoms with E-state index < -0.39 is 156 Å². The number of nitrogens with zero attached hydrogens (tertiary/aromatic N) is 3. The summed E-state index contributed by atoms with van der Waals surface area (Å²) in [5.41, 5.74) is 13.9. The van der Waals surface area contributed by atoms with Crippen LogP contribution in [0.3, 0.4) is 0 Å². The van der Waals surface area contributed by atoms with Gasteiger partial charge in [0.05, 0.1) is 6.54 Å². The third kappa shape index (κ3) is 30.5. The van der Waals surface area contributed by atoms with Crippen LogP contribution in [0.5, 0.6) is 0 Å². The van der Waals surface area contributed by atoms with Gasteiger partial charge in [0, 0.05) is 39.0 Å². The first-order valence-corrected chi connectivity index (χ1v) is 39.3. The summed E-state index contributed by atoms with van der Waals surface area (Å²) in [4.78, 5) is 189. The van der Waals surface area contributed by atoms with Gasteiger partial charge in [-0.05, 0) is 123 Å². The van der Waals surface area contributed by atoms with Gasteiger partial charge in [0.15, 0.2) is 5.96 Å². The molecule has 15 N–H and O–H groups in total. The Labute approximate surface area is 653 Å². The highest BCUT2D eigenvalue weighted by atomic mass is 32.2. The molecular weight excluding hydrogens is 1450 g/mol. The van der Waals surface area contributed by atoms with Gasteiger partial charge in [0.1, 0.15) is 73.6 Å². The molecule has 111 heavy (non-hydrogen) atoms. The highest BCUT2D eigenvalue weighted by Gasteiger charge is 2.43. The first-order chi connectivity index (χ1) is 53.1. The van der Waals surface area contributed by atoms with E-state index in [0.717, 1.165) is 5.56 Å². The second kappa shape index (κ2) is 46.7. The monoisotopic (exact) mass is 1560 g/mol. The number of aliphatic imine (C=N–C) groups is 1. The number of likely N-dealkylation sites (tertiary alicyclic amines) is 2. The van der Waals surface area contributed by atoms with Crippen molar-refractivity contribution in [1.29, 1.82) is 0 Å². The van der Waals surface area contributed by atoms with E-state index in [1.807, 2.05) is 50.2 Å². The minimum Gasteiger partial charge on any atom is -0.480 e. The minimum absolute atomic E-state index is 0.0226. The number of aliphatic carboxylic acids is 1. The molecule has 4 aromatic carbocycles. The number of ether oxygens (including phenoxy) is 2. The fourth-order valence-electron chi connectivity index (χ4n) is 12.9. The number of benzene rings is 4. The Morgan fingerprint density at radius 3 is 1.44 bits per heavy atom. The number of carboxylic acids is 1. The summed E-state index contributed by atoms with van der Waals surface area (Å²) >= 11 is 1.41. The maximum absolute atomic E-state index is 15.1. The standard InChI is InChI=1S/C79H111N15O16S/c1-49(2)43-59(68(97)87-58(76(105)106)37-42-111-7)85-64(95)46-84-67(96)60(44-52-25-12-8-13-26-52)88-69(98)61(45-53-27-14-9-15-28-53)89-72(101)65(50(3)4)92-73(102)66(51(5)6)91-71(100)63-36-24-41-94(63)74(103)56(33-20-21-38-83-78(107)109-47-54-29-16-10-17-30-54)86-70(99)62-35-23-40-93(62)75(104)57(34-22-39-82-77(80)81)90-79(108)110-48-55-31-18-11-19-32-55/h8-19,25-32,49-51,56-63,65-66H,20-24,33-48H2,1-7H3,(H,83,107)(H,84,96)(H,85,95)(H,86,99)(H,87,97)(H,88,98)(H,89,101)(H,90,108)(H,91,100)(H,92,102)(H,105,106)(H4,80,81,82)/t56-,57-,58+,59-,60-,61-,62-,63-,65-,66+/m0/s1. The van der Waals surface area contributed by atoms with Gasteiger partial charge in [-0.25, -0.2) is 14.4 Å². The lowest BCUT2D eigenvalue weighted by atomic mass is 9.98. The summed E-state index contributed by atoms with van der Waals surface area (Å²) in [5, 5.41) is 37.0. The zero-order chi connectivity index (χ0) is 80.9. The molecule has 2 saturated heterocycles. The van der Waals surface area contributed by atoms with Crippen LogP contribution in [0.1, 0.15) is 134 Å². The number of hydrogen-bond donors (Lipinski definition) is 13. The van der Waals surface area contributed by atoms with Crippen molar-refractivity contribution in [2.75, 3.05) is 44.7 Å². The number of alkyl carbamates (subject to hydrolysis) is 2. The van der Waals surface area contributed by atoms with Crippen LogP contribution in [-0.4, -0.2) is 203 Å². The molecule has 0 bridgehead atoms. The Hall–Kier alpha value is -10.8. The van der Waals surface area contributed by atoms with Crippen molar-refractivity contribution in [1.82, 2.24) is 63.0 Å². The molecule has 12 amide bonds. The molecular formula is C79H111N15O16S. The molecule has 2 fully saturated rings. The number of nitrogens with two attached hydrogens (primary N) is 2. The third-order valence-corrected chi connectivity index (χ3v) is 19.4. The van der Waals surface area contributed by atoms with Crippen LogP contribution in [0.4, 0.5) is 9.59 Å². The summed E-state index contributed by atoms with van der Waals surface area (Å²) < 4.78 is 10.8. The van der Waals surface area contributed by atoms with E-state index in [0.29, 0.717) is 41.7 Å². The molecule has 0 aliphatic carbocycles. The topological polar surface area (TPSA) is 452 Å². The van der Waals surface area contributed by atoms with Gasteiger partial charge in [-0.2, -0.15) is 11.8 Å². The molecule has 2 aliphatic rings. The second-order valence-corrected chi connectivity index (χ2v) is 29.7. The van der Waals surface area contributed by atoms with Gasteiger partial charge in [0.25, 0.3) is 0 Å². The molecule has 2 aliphatic heterocycles. The first-order valence-electron chi connectivity index (χ1n) is 37.9. The molecule has 31 nitrogen and oxygen atoms in total.